The summed E-state index contributed by atoms with van der Waals surface area (Å²) in [6, 6.07) is 4.00. The maximum Gasteiger partial charge on any atom is 0.239 e. The van der Waals surface area contributed by atoms with Gasteiger partial charge in [0.05, 0.1) is 6.54 Å². The van der Waals surface area contributed by atoms with Crippen molar-refractivity contribution in [2.75, 3.05) is 20.1 Å². The summed E-state index contributed by atoms with van der Waals surface area (Å²) in [7, 11) is 1.60. The fraction of sp³-hybridized carbons (Fsp3) is 0.600. The summed E-state index contributed by atoms with van der Waals surface area (Å²) in [4.78, 5) is 16.1. The fourth-order valence-electron chi connectivity index (χ4n) is 3.67. The van der Waals surface area contributed by atoms with Crippen LogP contribution in [0.1, 0.15) is 52.0 Å². The van der Waals surface area contributed by atoms with Gasteiger partial charge in [-0.15, -0.1) is 0 Å². The van der Waals surface area contributed by atoms with Crippen LogP contribution in [0.3, 0.4) is 0 Å². The van der Waals surface area contributed by atoms with Crippen molar-refractivity contribution in [3.05, 3.63) is 35.4 Å². The highest BCUT2D eigenvalue weighted by Crippen LogP contribution is 2.42. The van der Waals surface area contributed by atoms with E-state index in [1.165, 1.54) is 18.2 Å². The van der Waals surface area contributed by atoms with Gasteiger partial charge in [0.1, 0.15) is 11.6 Å². The highest BCUT2D eigenvalue weighted by molar-refractivity contribution is 5.86. The first-order valence-electron chi connectivity index (χ1n) is 9.37. The molecule has 27 heavy (non-hydrogen) atoms. The Morgan fingerprint density at radius 1 is 1.15 bits per heavy atom. The zero-order chi connectivity index (χ0) is 20.1. The highest BCUT2D eigenvalue weighted by Gasteiger charge is 2.40. The van der Waals surface area contributed by atoms with Gasteiger partial charge in [-0.25, -0.2) is 8.78 Å². The van der Waals surface area contributed by atoms with Crippen molar-refractivity contribution in [2.45, 2.75) is 57.4 Å². The molecule has 1 fully saturated rings. The number of aliphatic imine (C=N–C) groups is 1. The molecular weight excluding hydrogens is 350 g/mol. The van der Waals surface area contributed by atoms with Crippen LogP contribution in [0, 0.1) is 11.6 Å². The van der Waals surface area contributed by atoms with Gasteiger partial charge in [-0.3, -0.25) is 9.79 Å². The molecule has 0 saturated heterocycles. The first-order valence-corrected chi connectivity index (χ1v) is 9.37. The number of guanidine groups is 1. The summed E-state index contributed by atoms with van der Waals surface area (Å²) >= 11 is 0. The molecule has 0 atom stereocenters. The fourth-order valence-corrected chi connectivity index (χ4v) is 3.67. The molecule has 1 amide bonds. The minimum atomic E-state index is -0.610. The summed E-state index contributed by atoms with van der Waals surface area (Å²) in [5.41, 5.74) is -0.775. The molecule has 1 aromatic carbocycles. The Kier molecular flexibility index (Phi) is 6.78. The third kappa shape index (κ3) is 5.65. The van der Waals surface area contributed by atoms with Crippen molar-refractivity contribution in [1.29, 1.82) is 0 Å². The third-order valence-electron chi connectivity index (χ3n) is 4.80. The summed E-state index contributed by atoms with van der Waals surface area (Å²) in [5, 5.41) is 8.96. The Labute approximate surface area is 160 Å². The maximum atomic E-state index is 14.4. The van der Waals surface area contributed by atoms with E-state index in [0.717, 1.165) is 12.8 Å². The lowest BCUT2D eigenvalue weighted by atomic mass is 9.78. The number of nitrogens with zero attached hydrogens (tertiary/aromatic N) is 1. The van der Waals surface area contributed by atoms with Crippen molar-refractivity contribution >= 4 is 11.9 Å². The molecular formula is C20H30F2N4O. The first kappa shape index (κ1) is 21.1. The van der Waals surface area contributed by atoms with E-state index < -0.39 is 17.0 Å². The molecule has 0 bridgehead atoms. The van der Waals surface area contributed by atoms with Gasteiger partial charge in [-0.1, -0.05) is 18.9 Å². The standard InChI is InChI=1S/C20H30F2N4O/c1-19(2,3)26-16(27)12-24-18(23-4)25-13-20(10-5-6-11-20)17-14(21)8-7-9-15(17)22/h7-9H,5-6,10-13H2,1-4H3,(H,26,27)(H2,23,24,25). The van der Waals surface area contributed by atoms with E-state index in [-0.39, 0.29) is 23.6 Å². The topological polar surface area (TPSA) is 65.5 Å². The second-order valence-electron chi connectivity index (χ2n) is 8.16. The quantitative estimate of drug-likeness (QED) is 0.544. The van der Waals surface area contributed by atoms with Crippen LogP contribution in [-0.4, -0.2) is 37.5 Å². The lowest BCUT2D eigenvalue weighted by Crippen LogP contribution is -2.50. The van der Waals surface area contributed by atoms with Gasteiger partial charge in [0.2, 0.25) is 5.91 Å². The predicted octanol–water partition coefficient (Wildman–Crippen LogP) is 2.86. The number of hydrogen-bond acceptors (Lipinski definition) is 2. The van der Waals surface area contributed by atoms with E-state index in [1.54, 1.807) is 7.05 Å². The van der Waals surface area contributed by atoms with Crippen LogP contribution in [0.25, 0.3) is 0 Å². The Morgan fingerprint density at radius 3 is 2.26 bits per heavy atom. The van der Waals surface area contributed by atoms with Gasteiger partial charge < -0.3 is 16.0 Å². The lowest BCUT2D eigenvalue weighted by Gasteiger charge is -2.31. The maximum absolute atomic E-state index is 14.4. The molecule has 5 nitrogen and oxygen atoms in total. The lowest BCUT2D eigenvalue weighted by molar-refractivity contribution is -0.121. The van der Waals surface area contributed by atoms with Crippen LogP contribution < -0.4 is 16.0 Å². The molecule has 0 heterocycles. The summed E-state index contributed by atoms with van der Waals surface area (Å²) in [6.07, 6.45) is 3.27. The van der Waals surface area contributed by atoms with Gasteiger partial charge in [0, 0.05) is 30.1 Å². The largest absolute Gasteiger partial charge is 0.356 e. The predicted molar refractivity (Wildman–Crippen MR) is 104 cm³/mol. The smallest absolute Gasteiger partial charge is 0.239 e. The van der Waals surface area contributed by atoms with E-state index in [1.807, 2.05) is 20.8 Å². The van der Waals surface area contributed by atoms with Gasteiger partial charge in [-0.2, -0.15) is 0 Å². The van der Waals surface area contributed by atoms with Crippen LogP contribution in [0.5, 0.6) is 0 Å². The number of carbonyl (C=O) groups is 1. The molecule has 1 aliphatic rings. The molecule has 7 heteroatoms. The monoisotopic (exact) mass is 380 g/mol. The Hall–Kier alpha value is -2.18. The van der Waals surface area contributed by atoms with Gasteiger partial charge >= 0.3 is 0 Å². The molecule has 0 aromatic heterocycles. The van der Waals surface area contributed by atoms with Crippen molar-refractivity contribution in [3.8, 4) is 0 Å². The molecule has 1 aliphatic carbocycles. The zero-order valence-corrected chi connectivity index (χ0v) is 16.6. The van der Waals surface area contributed by atoms with Gasteiger partial charge in [0.15, 0.2) is 5.96 Å². The molecule has 1 saturated carbocycles. The molecule has 1 aromatic rings. The van der Waals surface area contributed by atoms with Gasteiger partial charge in [-0.05, 0) is 45.7 Å². The Balaban J connectivity index is 2.04. The van der Waals surface area contributed by atoms with Crippen molar-refractivity contribution in [1.82, 2.24) is 16.0 Å². The number of amides is 1. The second kappa shape index (κ2) is 8.67. The number of nitrogens with one attached hydrogen (secondary N) is 3. The first-order chi connectivity index (χ1) is 12.7. The molecule has 3 N–H and O–H groups in total. The minimum absolute atomic E-state index is 0.0675. The van der Waals surface area contributed by atoms with Crippen LogP contribution in [0.2, 0.25) is 0 Å². The van der Waals surface area contributed by atoms with E-state index in [9.17, 15) is 13.6 Å². The van der Waals surface area contributed by atoms with E-state index in [4.69, 9.17) is 0 Å². The third-order valence-corrected chi connectivity index (χ3v) is 4.80. The van der Waals surface area contributed by atoms with Crippen LogP contribution in [-0.2, 0) is 10.2 Å². The van der Waals surface area contributed by atoms with E-state index in [2.05, 4.69) is 20.9 Å². The molecule has 150 valence electrons. The van der Waals surface area contributed by atoms with Crippen molar-refractivity contribution in [3.63, 3.8) is 0 Å². The highest BCUT2D eigenvalue weighted by atomic mass is 19.1. The number of halogens is 2. The summed E-state index contributed by atoms with van der Waals surface area (Å²) in [5.74, 6) is -0.735. The van der Waals surface area contributed by atoms with Crippen molar-refractivity contribution in [2.24, 2.45) is 4.99 Å². The average molecular weight is 380 g/mol. The summed E-state index contributed by atoms with van der Waals surface area (Å²) < 4.78 is 28.8. The van der Waals surface area contributed by atoms with Crippen LogP contribution in [0.15, 0.2) is 23.2 Å². The normalized spacial score (nSPS) is 16.9. The summed E-state index contributed by atoms with van der Waals surface area (Å²) in [6.45, 7) is 6.14. The van der Waals surface area contributed by atoms with E-state index >= 15 is 0 Å². The SMILES string of the molecule is CN=C(NCC(=O)NC(C)(C)C)NCC1(c2c(F)cccc2F)CCCC1. The molecule has 0 unspecified atom stereocenters. The number of benzene rings is 1. The second-order valence-corrected chi connectivity index (χ2v) is 8.16. The van der Waals surface area contributed by atoms with Crippen LogP contribution in [0.4, 0.5) is 8.78 Å². The molecule has 2 rings (SSSR count). The molecule has 0 spiro atoms. The average Bonchev–Trinajstić information content (AvgIpc) is 3.03. The Morgan fingerprint density at radius 2 is 1.74 bits per heavy atom. The number of rotatable bonds is 5. The molecule has 0 aliphatic heterocycles. The Bertz CT molecular complexity index is 671. The van der Waals surface area contributed by atoms with Gasteiger partial charge in [0.25, 0.3) is 0 Å². The number of carbonyl (C=O) groups excluding carboxylic acids is 1. The van der Waals surface area contributed by atoms with Crippen molar-refractivity contribution < 1.29 is 13.6 Å². The minimum Gasteiger partial charge on any atom is -0.356 e. The molecule has 0 radical (unpaired) electrons. The van der Waals surface area contributed by atoms with Crippen LogP contribution >= 0.6 is 0 Å². The van der Waals surface area contributed by atoms with E-state index in [0.29, 0.717) is 25.3 Å². The number of hydrogen-bond donors (Lipinski definition) is 3. The zero-order valence-electron chi connectivity index (χ0n) is 16.6.